The molecule has 0 saturated carbocycles. The van der Waals surface area contributed by atoms with Crippen LogP contribution < -0.4 is 10.3 Å². The van der Waals surface area contributed by atoms with Gasteiger partial charge in [0.1, 0.15) is 6.61 Å². The molecule has 0 N–H and O–H groups in total. The van der Waals surface area contributed by atoms with Crippen LogP contribution in [0, 0.1) is 20.2 Å². The number of nitro groups is 2. The average molecular weight is 600 g/mol. The molecule has 1 heterocycles. The van der Waals surface area contributed by atoms with Crippen LogP contribution in [0.25, 0.3) is 22.3 Å². The normalized spacial score (nSPS) is 11.1. The van der Waals surface area contributed by atoms with Gasteiger partial charge in [0, 0.05) is 29.3 Å². The molecule has 0 saturated heterocycles. The van der Waals surface area contributed by atoms with E-state index in [-0.39, 0.29) is 28.2 Å². The van der Waals surface area contributed by atoms with Crippen molar-refractivity contribution in [1.29, 1.82) is 0 Å². The summed E-state index contributed by atoms with van der Waals surface area (Å²) < 4.78 is 7.16. The Hall–Kier alpha value is -5.23. The number of benzene rings is 4. The molecule has 40 heavy (non-hydrogen) atoms. The van der Waals surface area contributed by atoms with Gasteiger partial charge in [0.05, 0.1) is 31.4 Å². The molecule has 0 spiro atoms. The zero-order valence-electron chi connectivity index (χ0n) is 20.5. The van der Waals surface area contributed by atoms with Crippen LogP contribution >= 0.6 is 15.9 Å². The number of halogens is 1. The third-order valence-corrected chi connectivity index (χ3v) is 6.47. The molecule has 0 aliphatic rings. The molecule has 1 aromatic heterocycles. The minimum Gasteiger partial charge on any atom is -0.481 e. The number of hydrogen-bond acceptors (Lipinski definition) is 8. The molecule has 0 aliphatic heterocycles. The first-order valence-electron chi connectivity index (χ1n) is 11.8. The third-order valence-electron chi connectivity index (χ3n) is 5.88. The Morgan fingerprint density at radius 3 is 2.33 bits per heavy atom. The molecule has 0 unspecified atom stereocenters. The molecule has 11 nitrogen and oxygen atoms in total. The van der Waals surface area contributed by atoms with E-state index in [0.717, 1.165) is 4.68 Å². The molecule has 4 aromatic carbocycles. The van der Waals surface area contributed by atoms with Gasteiger partial charge < -0.3 is 4.74 Å². The van der Waals surface area contributed by atoms with Crippen molar-refractivity contribution in [1.82, 2.24) is 9.66 Å². The van der Waals surface area contributed by atoms with Crippen LogP contribution in [0.1, 0.15) is 11.1 Å². The van der Waals surface area contributed by atoms with Crippen molar-refractivity contribution in [3.05, 3.63) is 137 Å². The highest BCUT2D eigenvalue weighted by atomic mass is 79.9. The van der Waals surface area contributed by atoms with Crippen LogP contribution in [0.4, 0.5) is 11.4 Å². The standard InChI is InChI=1S/C28H18BrN5O6/c29-23-14-19(15-25(34(38)39)26(23)40-17-18-10-12-21(13-11-18)33(36)37)16-30-32-27(20-6-2-1-3-7-20)31-24-9-5-4-8-22(24)28(32)35/h1-16H,17H2. The summed E-state index contributed by atoms with van der Waals surface area (Å²) in [5.41, 5.74) is 1.32. The van der Waals surface area contributed by atoms with Crippen LogP contribution in [0.15, 0.2) is 105 Å². The van der Waals surface area contributed by atoms with E-state index in [9.17, 15) is 25.0 Å². The SMILES string of the molecule is O=c1c2ccccc2nc(-c2ccccc2)n1N=Cc1cc(Br)c(OCc2ccc([N+](=O)[O-])cc2)c([N+](=O)[O-])c1. The second-order valence-corrected chi connectivity index (χ2v) is 9.35. The highest BCUT2D eigenvalue weighted by molar-refractivity contribution is 9.10. The lowest BCUT2D eigenvalue weighted by Gasteiger charge is -2.11. The summed E-state index contributed by atoms with van der Waals surface area (Å²) in [7, 11) is 0. The molecule has 0 amide bonds. The lowest BCUT2D eigenvalue weighted by molar-refractivity contribution is -0.386. The second kappa shape index (κ2) is 11.3. The Morgan fingerprint density at radius 2 is 1.62 bits per heavy atom. The number of aromatic nitrogens is 2. The minimum absolute atomic E-state index is 0.0185. The fourth-order valence-corrected chi connectivity index (χ4v) is 4.53. The first kappa shape index (κ1) is 26.4. The summed E-state index contributed by atoms with van der Waals surface area (Å²) in [4.78, 5) is 39.6. The molecule has 0 aliphatic carbocycles. The van der Waals surface area contributed by atoms with Crippen molar-refractivity contribution in [3.63, 3.8) is 0 Å². The summed E-state index contributed by atoms with van der Waals surface area (Å²) in [6.45, 7) is -0.0521. The fraction of sp³-hybridized carbons (Fsp3) is 0.0357. The largest absolute Gasteiger partial charge is 0.481 e. The summed E-state index contributed by atoms with van der Waals surface area (Å²) in [5, 5.41) is 27.5. The number of rotatable bonds is 8. The van der Waals surface area contributed by atoms with Crippen LogP contribution in [0.2, 0.25) is 0 Å². The zero-order chi connectivity index (χ0) is 28.2. The van der Waals surface area contributed by atoms with E-state index in [1.165, 1.54) is 36.5 Å². The van der Waals surface area contributed by atoms with Gasteiger partial charge in [0.25, 0.3) is 11.2 Å². The molecule has 5 rings (SSSR count). The van der Waals surface area contributed by atoms with Gasteiger partial charge in [-0.1, -0.05) is 42.5 Å². The summed E-state index contributed by atoms with van der Waals surface area (Å²) in [6.07, 6.45) is 1.34. The summed E-state index contributed by atoms with van der Waals surface area (Å²) in [5.74, 6) is 0.298. The molecular weight excluding hydrogens is 582 g/mol. The van der Waals surface area contributed by atoms with Gasteiger partial charge in [0.2, 0.25) is 5.75 Å². The van der Waals surface area contributed by atoms with E-state index in [4.69, 9.17) is 4.74 Å². The maximum Gasteiger partial charge on any atom is 0.312 e. The molecule has 0 radical (unpaired) electrons. The molecule has 0 atom stereocenters. The van der Waals surface area contributed by atoms with Gasteiger partial charge >= 0.3 is 5.69 Å². The smallest absolute Gasteiger partial charge is 0.312 e. The Balaban J connectivity index is 1.50. The first-order valence-corrected chi connectivity index (χ1v) is 12.6. The third kappa shape index (κ3) is 5.47. The van der Waals surface area contributed by atoms with E-state index >= 15 is 0 Å². The Bertz CT molecular complexity index is 1840. The molecule has 0 bridgehead atoms. The summed E-state index contributed by atoms with van der Waals surface area (Å²) in [6, 6.07) is 24.6. The highest BCUT2D eigenvalue weighted by Gasteiger charge is 2.21. The van der Waals surface area contributed by atoms with Crippen molar-refractivity contribution in [2.24, 2.45) is 5.10 Å². The maximum absolute atomic E-state index is 13.4. The Kier molecular flexibility index (Phi) is 7.42. The molecule has 198 valence electrons. The lowest BCUT2D eigenvalue weighted by Crippen LogP contribution is -2.20. The van der Waals surface area contributed by atoms with Crippen molar-refractivity contribution >= 4 is 44.4 Å². The number of nitrogens with zero attached hydrogens (tertiary/aromatic N) is 5. The van der Waals surface area contributed by atoms with E-state index in [1.54, 1.807) is 42.5 Å². The number of ether oxygens (including phenoxy) is 1. The predicted octanol–water partition coefficient (Wildman–Crippen LogP) is 6.10. The van der Waals surface area contributed by atoms with Crippen LogP contribution in [-0.4, -0.2) is 25.7 Å². The monoisotopic (exact) mass is 599 g/mol. The number of hydrogen-bond donors (Lipinski definition) is 0. The van der Waals surface area contributed by atoms with Crippen molar-refractivity contribution < 1.29 is 14.6 Å². The van der Waals surface area contributed by atoms with Crippen molar-refractivity contribution in [3.8, 4) is 17.1 Å². The number of non-ortho nitro benzene ring substituents is 1. The van der Waals surface area contributed by atoms with Gasteiger partial charge in [-0.25, -0.2) is 4.98 Å². The predicted molar refractivity (Wildman–Crippen MR) is 153 cm³/mol. The molecular formula is C28H18BrN5O6. The Morgan fingerprint density at radius 1 is 0.925 bits per heavy atom. The van der Waals surface area contributed by atoms with Gasteiger partial charge in [0.15, 0.2) is 5.82 Å². The molecule has 12 heteroatoms. The van der Waals surface area contributed by atoms with Gasteiger partial charge in [-0.15, -0.1) is 0 Å². The van der Waals surface area contributed by atoms with Crippen LogP contribution in [0.5, 0.6) is 5.75 Å². The zero-order valence-corrected chi connectivity index (χ0v) is 22.1. The minimum atomic E-state index is -0.591. The number of nitro benzene ring substituents is 2. The maximum atomic E-state index is 13.4. The van der Waals surface area contributed by atoms with E-state index in [1.807, 2.05) is 18.2 Å². The van der Waals surface area contributed by atoms with Gasteiger partial charge in [-0.05, 0) is 51.8 Å². The lowest BCUT2D eigenvalue weighted by atomic mass is 10.2. The van der Waals surface area contributed by atoms with E-state index in [2.05, 4.69) is 26.0 Å². The van der Waals surface area contributed by atoms with Crippen molar-refractivity contribution in [2.45, 2.75) is 6.61 Å². The van der Waals surface area contributed by atoms with Crippen LogP contribution in [0.3, 0.4) is 0 Å². The quantitative estimate of drug-likeness (QED) is 0.119. The first-order chi connectivity index (χ1) is 19.3. The molecule has 0 fully saturated rings. The van der Waals surface area contributed by atoms with Gasteiger partial charge in [-0.2, -0.15) is 9.78 Å². The Labute approximate surface area is 234 Å². The number of para-hydroxylation sites is 1. The van der Waals surface area contributed by atoms with E-state index in [0.29, 0.717) is 33.4 Å². The van der Waals surface area contributed by atoms with E-state index < -0.39 is 15.4 Å². The van der Waals surface area contributed by atoms with Crippen molar-refractivity contribution in [2.75, 3.05) is 0 Å². The number of fused-ring (bicyclic) bond motifs is 1. The fourth-order valence-electron chi connectivity index (χ4n) is 3.95. The molecule has 5 aromatic rings. The van der Waals surface area contributed by atoms with Crippen LogP contribution in [-0.2, 0) is 6.61 Å². The second-order valence-electron chi connectivity index (χ2n) is 8.50. The average Bonchev–Trinajstić information content (AvgIpc) is 2.96. The summed E-state index contributed by atoms with van der Waals surface area (Å²) >= 11 is 3.33. The topological polar surface area (TPSA) is 143 Å². The van der Waals surface area contributed by atoms with Gasteiger partial charge in [-0.3, -0.25) is 25.0 Å². The highest BCUT2D eigenvalue weighted by Crippen LogP contribution is 2.36.